The maximum absolute atomic E-state index is 11.0. The average molecular weight is 235 g/mol. The highest BCUT2D eigenvalue weighted by atomic mass is 16.4. The van der Waals surface area contributed by atoms with E-state index in [9.17, 15) is 15.0 Å². The lowest BCUT2D eigenvalue weighted by Crippen LogP contribution is -2.15. The molecule has 0 amide bonds. The highest BCUT2D eigenvalue weighted by molar-refractivity contribution is 5.73. The van der Waals surface area contributed by atoms with Crippen molar-refractivity contribution in [2.24, 2.45) is 0 Å². The Morgan fingerprint density at radius 3 is 2.18 bits per heavy atom. The van der Waals surface area contributed by atoms with Gasteiger partial charge in [0, 0.05) is 23.0 Å². The first kappa shape index (κ1) is 10.3. The molecule has 0 aliphatic heterocycles. The molecule has 3 unspecified atom stereocenters. The summed E-state index contributed by atoms with van der Waals surface area (Å²) in [6.45, 7) is 1.44. The van der Waals surface area contributed by atoms with Crippen LogP contribution in [-0.4, -0.2) is 25.9 Å². The zero-order chi connectivity index (χ0) is 12.3. The molecule has 90 valence electrons. The van der Waals surface area contributed by atoms with Crippen molar-refractivity contribution in [2.45, 2.75) is 31.2 Å². The maximum Gasteiger partial charge on any atom is 0.326 e. The lowest BCUT2D eigenvalue weighted by Gasteiger charge is -2.13. The van der Waals surface area contributed by atoms with Crippen LogP contribution in [-0.2, 0) is 4.79 Å². The third-order valence-electron chi connectivity index (χ3n) is 3.80. The van der Waals surface area contributed by atoms with Gasteiger partial charge in [0.05, 0.1) is 0 Å². The summed E-state index contributed by atoms with van der Waals surface area (Å²) in [4.78, 5) is 11.0. The fraction of sp³-hybridized carbons (Fsp3) is 0.417. The van der Waals surface area contributed by atoms with E-state index in [1.54, 1.807) is 0 Å². The Morgan fingerprint density at radius 2 is 1.76 bits per heavy atom. The third-order valence-corrected chi connectivity index (χ3v) is 3.80. The van der Waals surface area contributed by atoms with Crippen molar-refractivity contribution in [1.82, 2.24) is 4.57 Å². The summed E-state index contributed by atoms with van der Waals surface area (Å²) in [5, 5.41) is 29.1. The quantitative estimate of drug-likeness (QED) is 0.681. The monoisotopic (exact) mass is 235 g/mol. The summed E-state index contributed by atoms with van der Waals surface area (Å²) in [5.74, 6) is -1.07. The number of nitrogens with zero attached hydrogens (tertiary/aromatic N) is 1. The number of aliphatic carboxylic acids is 1. The second kappa shape index (κ2) is 3.06. The summed E-state index contributed by atoms with van der Waals surface area (Å²) in [5.41, 5.74) is 1.39. The van der Waals surface area contributed by atoms with Crippen LogP contribution in [0.3, 0.4) is 0 Å². The van der Waals surface area contributed by atoms with E-state index in [-0.39, 0.29) is 23.6 Å². The van der Waals surface area contributed by atoms with Crippen LogP contribution in [0.2, 0.25) is 0 Å². The van der Waals surface area contributed by atoms with Crippen LogP contribution in [0.15, 0.2) is 12.2 Å². The number of carboxylic acid groups (broad SMARTS) is 1. The second-order valence-electron chi connectivity index (χ2n) is 4.69. The number of aromatic hydroxyl groups is 2. The number of hydrogen-bond acceptors (Lipinski definition) is 3. The van der Waals surface area contributed by atoms with Gasteiger partial charge in [-0.2, -0.15) is 0 Å². The van der Waals surface area contributed by atoms with Gasteiger partial charge in [0.2, 0.25) is 0 Å². The highest BCUT2D eigenvalue weighted by Crippen LogP contribution is 2.57. The first-order valence-electron chi connectivity index (χ1n) is 5.59. The standard InChI is InChI=1S/C12H13NO4/c1-5(12(16)17)13-10(14)8-6-2-3-7(4-6)9(8)11(13)15/h2-3,5-7,14-15H,4H2,1H3,(H,16,17). The Hall–Kier alpha value is -1.91. The topological polar surface area (TPSA) is 82.7 Å². The zero-order valence-corrected chi connectivity index (χ0v) is 9.29. The molecule has 2 bridgehead atoms. The van der Waals surface area contributed by atoms with Crippen molar-refractivity contribution in [1.29, 1.82) is 0 Å². The lowest BCUT2D eigenvalue weighted by atomic mass is 10.0. The number of carboxylic acids is 1. The third kappa shape index (κ3) is 1.11. The number of fused-ring (bicyclic) bond motifs is 5. The number of allylic oxidation sites excluding steroid dienone is 2. The Morgan fingerprint density at radius 1 is 1.29 bits per heavy atom. The van der Waals surface area contributed by atoms with E-state index in [2.05, 4.69) is 0 Å². The van der Waals surface area contributed by atoms with Gasteiger partial charge in [-0.3, -0.25) is 4.57 Å². The van der Waals surface area contributed by atoms with E-state index < -0.39 is 12.0 Å². The Bertz CT molecular complexity index is 508. The molecule has 0 fully saturated rings. The zero-order valence-electron chi connectivity index (χ0n) is 9.29. The van der Waals surface area contributed by atoms with Gasteiger partial charge in [0.1, 0.15) is 6.04 Å². The number of rotatable bonds is 2. The van der Waals surface area contributed by atoms with E-state index in [0.29, 0.717) is 11.1 Å². The van der Waals surface area contributed by atoms with E-state index in [4.69, 9.17) is 5.11 Å². The first-order chi connectivity index (χ1) is 8.02. The molecule has 0 spiro atoms. The molecular weight excluding hydrogens is 222 g/mol. The van der Waals surface area contributed by atoms with Crippen LogP contribution in [0, 0.1) is 0 Å². The SMILES string of the molecule is CC(C(=O)O)n1c(O)c2c(c1O)C1C=CC2C1. The predicted octanol–water partition coefficient (Wildman–Crippen LogP) is 1.69. The Balaban J connectivity index is 2.19. The van der Waals surface area contributed by atoms with Crippen molar-refractivity contribution in [3.05, 3.63) is 23.3 Å². The minimum Gasteiger partial charge on any atom is -0.494 e. The average Bonchev–Trinajstić information content (AvgIpc) is 2.92. The van der Waals surface area contributed by atoms with Crippen LogP contribution < -0.4 is 0 Å². The summed E-state index contributed by atoms with van der Waals surface area (Å²) in [7, 11) is 0. The highest BCUT2D eigenvalue weighted by Gasteiger charge is 2.42. The molecule has 0 radical (unpaired) electrons. The van der Waals surface area contributed by atoms with Gasteiger partial charge in [0.15, 0.2) is 11.8 Å². The Kier molecular flexibility index (Phi) is 1.85. The minimum atomic E-state index is -1.08. The van der Waals surface area contributed by atoms with Crippen LogP contribution in [0.1, 0.15) is 42.3 Å². The van der Waals surface area contributed by atoms with E-state index in [0.717, 1.165) is 11.0 Å². The summed E-state index contributed by atoms with van der Waals surface area (Å²) in [6, 6.07) is -0.972. The van der Waals surface area contributed by atoms with Crippen LogP contribution in [0.5, 0.6) is 11.8 Å². The summed E-state index contributed by atoms with van der Waals surface area (Å²) in [6.07, 6.45) is 4.87. The van der Waals surface area contributed by atoms with E-state index in [1.165, 1.54) is 6.92 Å². The second-order valence-corrected chi connectivity index (χ2v) is 4.69. The maximum atomic E-state index is 11.0. The Labute approximate surface area is 97.6 Å². The van der Waals surface area contributed by atoms with Gasteiger partial charge in [-0.15, -0.1) is 0 Å². The molecule has 3 rings (SSSR count). The van der Waals surface area contributed by atoms with Gasteiger partial charge in [-0.1, -0.05) is 12.2 Å². The summed E-state index contributed by atoms with van der Waals surface area (Å²) < 4.78 is 1.10. The molecule has 0 aromatic carbocycles. The summed E-state index contributed by atoms with van der Waals surface area (Å²) >= 11 is 0. The normalized spacial score (nSPS) is 26.2. The van der Waals surface area contributed by atoms with Crippen LogP contribution >= 0.6 is 0 Å². The fourth-order valence-corrected chi connectivity index (χ4v) is 2.94. The van der Waals surface area contributed by atoms with Crippen molar-refractivity contribution >= 4 is 5.97 Å². The van der Waals surface area contributed by atoms with Crippen LogP contribution in [0.4, 0.5) is 0 Å². The molecule has 0 saturated heterocycles. The fourth-order valence-electron chi connectivity index (χ4n) is 2.94. The minimum absolute atomic E-state index is 0.107. The number of aromatic nitrogens is 1. The van der Waals surface area contributed by atoms with Crippen molar-refractivity contribution in [2.75, 3.05) is 0 Å². The lowest BCUT2D eigenvalue weighted by molar-refractivity contribution is -0.140. The van der Waals surface area contributed by atoms with Gasteiger partial charge >= 0.3 is 5.97 Å². The van der Waals surface area contributed by atoms with E-state index >= 15 is 0 Å². The molecule has 5 heteroatoms. The molecule has 17 heavy (non-hydrogen) atoms. The van der Waals surface area contributed by atoms with Crippen LogP contribution in [0.25, 0.3) is 0 Å². The predicted molar refractivity (Wildman–Crippen MR) is 59.3 cm³/mol. The van der Waals surface area contributed by atoms with Crippen molar-refractivity contribution < 1.29 is 20.1 Å². The number of carbonyl (C=O) groups is 1. The molecular formula is C12H13NO4. The van der Waals surface area contributed by atoms with Gasteiger partial charge < -0.3 is 15.3 Å². The molecule has 1 heterocycles. The van der Waals surface area contributed by atoms with Crippen molar-refractivity contribution in [3.8, 4) is 11.8 Å². The first-order valence-corrected chi connectivity index (χ1v) is 5.59. The number of hydrogen-bond donors (Lipinski definition) is 3. The van der Waals surface area contributed by atoms with Gasteiger partial charge in [0.25, 0.3) is 0 Å². The molecule has 1 aromatic rings. The molecule has 0 saturated carbocycles. The molecule has 1 aromatic heterocycles. The van der Waals surface area contributed by atoms with Gasteiger partial charge in [-0.05, 0) is 13.3 Å². The smallest absolute Gasteiger partial charge is 0.326 e. The van der Waals surface area contributed by atoms with Crippen molar-refractivity contribution in [3.63, 3.8) is 0 Å². The molecule has 3 atom stereocenters. The molecule has 5 nitrogen and oxygen atoms in total. The molecule has 3 N–H and O–H groups in total. The molecule has 2 aliphatic carbocycles. The molecule has 2 aliphatic rings. The largest absolute Gasteiger partial charge is 0.494 e. The van der Waals surface area contributed by atoms with E-state index in [1.807, 2.05) is 12.2 Å². The van der Waals surface area contributed by atoms with Gasteiger partial charge in [-0.25, -0.2) is 4.79 Å².